The van der Waals surface area contributed by atoms with Crippen LogP contribution in [0.15, 0.2) is 91.5 Å². The van der Waals surface area contributed by atoms with Gasteiger partial charge in [0.25, 0.3) is 11.8 Å². The third-order valence-electron chi connectivity index (χ3n) is 3.90. The topological polar surface area (TPSA) is 67.4 Å². The molecule has 0 heterocycles. The molecule has 0 saturated heterocycles. The molecule has 0 aromatic heterocycles. The maximum atomic E-state index is 12.7. The third-order valence-corrected chi connectivity index (χ3v) is 3.90. The second-order valence-electron chi connectivity index (χ2n) is 5.94. The third kappa shape index (κ3) is 4.86. The first-order valence-electron chi connectivity index (χ1n) is 8.80. The van der Waals surface area contributed by atoms with Gasteiger partial charge >= 0.3 is 0 Å². The SMILES string of the molecule is C=CCNC(=O)c1cccc(C(=O)Nc2ccccc2Oc2ccccc2)c1. The van der Waals surface area contributed by atoms with Crippen molar-refractivity contribution in [1.82, 2.24) is 5.32 Å². The Hall–Kier alpha value is -3.86. The van der Waals surface area contributed by atoms with Crippen LogP contribution < -0.4 is 15.4 Å². The van der Waals surface area contributed by atoms with Crippen LogP contribution in [-0.2, 0) is 0 Å². The lowest BCUT2D eigenvalue weighted by molar-refractivity contribution is 0.0958. The summed E-state index contributed by atoms with van der Waals surface area (Å²) in [6, 6.07) is 23.0. The number of nitrogens with one attached hydrogen (secondary N) is 2. The van der Waals surface area contributed by atoms with Crippen LogP contribution in [0.1, 0.15) is 20.7 Å². The lowest BCUT2D eigenvalue weighted by Gasteiger charge is -2.12. The number of hydrogen-bond donors (Lipinski definition) is 2. The van der Waals surface area contributed by atoms with E-state index in [1.165, 1.54) is 0 Å². The standard InChI is InChI=1S/C23H20N2O3/c1-2-15-24-22(26)17-9-8-10-18(16-17)23(27)25-20-13-6-7-14-21(20)28-19-11-4-3-5-12-19/h2-14,16H,1,15H2,(H,24,26)(H,25,27). The van der Waals surface area contributed by atoms with Gasteiger partial charge in [0.05, 0.1) is 5.69 Å². The number of anilines is 1. The summed E-state index contributed by atoms with van der Waals surface area (Å²) in [7, 11) is 0. The molecular weight excluding hydrogens is 352 g/mol. The van der Waals surface area contributed by atoms with Crippen LogP contribution in [0.4, 0.5) is 5.69 Å². The van der Waals surface area contributed by atoms with Crippen molar-refractivity contribution in [3.05, 3.63) is 103 Å². The molecule has 0 bridgehead atoms. The predicted octanol–water partition coefficient (Wildman–Crippen LogP) is 4.65. The van der Waals surface area contributed by atoms with E-state index in [4.69, 9.17) is 4.74 Å². The Morgan fingerprint density at radius 1 is 0.857 bits per heavy atom. The molecule has 3 aromatic carbocycles. The fraction of sp³-hybridized carbons (Fsp3) is 0.0435. The first-order valence-corrected chi connectivity index (χ1v) is 8.80. The summed E-state index contributed by atoms with van der Waals surface area (Å²) in [5, 5.41) is 5.54. The van der Waals surface area contributed by atoms with E-state index in [0.29, 0.717) is 34.9 Å². The number of ether oxygens (including phenoxy) is 1. The summed E-state index contributed by atoms with van der Waals surface area (Å²) in [4.78, 5) is 24.8. The minimum Gasteiger partial charge on any atom is -0.455 e. The number of carbonyl (C=O) groups is 2. The van der Waals surface area contributed by atoms with E-state index < -0.39 is 0 Å². The van der Waals surface area contributed by atoms with Crippen LogP contribution in [0.3, 0.4) is 0 Å². The highest BCUT2D eigenvalue weighted by Gasteiger charge is 2.13. The molecule has 0 fully saturated rings. The molecule has 0 unspecified atom stereocenters. The van der Waals surface area contributed by atoms with Crippen molar-refractivity contribution in [3.8, 4) is 11.5 Å². The predicted molar refractivity (Wildman–Crippen MR) is 110 cm³/mol. The monoisotopic (exact) mass is 372 g/mol. The van der Waals surface area contributed by atoms with Gasteiger partial charge in [0.15, 0.2) is 5.75 Å². The van der Waals surface area contributed by atoms with E-state index in [9.17, 15) is 9.59 Å². The molecular formula is C23H20N2O3. The maximum absolute atomic E-state index is 12.7. The number of carbonyl (C=O) groups excluding carboxylic acids is 2. The van der Waals surface area contributed by atoms with Crippen molar-refractivity contribution in [1.29, 1.82) is 0 Å². The molecule has 5 heteroatoms. The molecule has 0 aliphatic heterocycles. The molecule has 0 atom stereocenters. The molecule has 3 aromatic rings. The molecule has 0 saturated carbocycles. The van der Waals surface area contributed by atoms with Gasteiger partial charge in [0, 0.05) is 17.7 Å². The molecule has 3 rings (SSSR count). The Kier molecular flexibility index (Phi) is 6.21. The van der Waals surface area contributed by atoms with Crippen LogP contribution in [0, 0.1) is 0 Å². The number of hydrogen-bond acceptors (Lipinski definition) is 3. The van der Waals surface area contributed by atoms with Crippen molar-refractivity contribution in [2.45, 2.75) is 0 Å². The maximum Gasteiger partial charge on any atom is 0.255 e. The van der Waals surface area contributed by atoms with E-state index in [1.54, 1.807) is 42.5 Å². The first-order chi connectivity index (χ1) is 13.7. The molecule has 2 N–H and O–H groups in total. The van der Waals surface area contributed by atoms with E-state index in [2.05, 4.69) is 17.2 Å². The summed E-state index contributed by atoms with van der Waals surface area (Å²) >= 11 is 0. The van der Waals surface area contributed by atoms with Crippen molar-refractivity contribution < 1.29 is 14.3 Å². The summed E-state index contributed by atoms with van der Waals surface area (Å²) < 4.78 is 5.86. The van der Waals surface area contributed by atoms with Crippen molar-refractivity contribution in [3.63, 3.8) is 0 Å². The second-order valence-corrected chi connectivity index (χ2v) is 5.94. The molecule has 0 radical (unpaired) electrons. The van der Waals surface area contributed by atoms with Gasteiger partial charge in [0.2, 0.25) is 0 Å². The van der Waals surface area contributed by atoms with Gasteiger partial charge in [-0.25, -0.2) is 0 Å². The normalized spacial score (nSPS) is 10.0. The van der Waals surface area contributed by atoms with E-state index in [0.717, 1.165) is 0 Å². The number of rotatable bonds is 7. The summed E-state index contributed by atoms with van der Waals surface area (Å²) in [6.07, 6.45) is 1.60. The number of benzene rings is 3. The van der Waals surface area contributed by atoms with E-state index in [1.807, 2.05) is 42.5 Å². The molecule has 0 aliphatic carbocycles. The molecule has 140 valence electrons. The van der Waals surface area contributed by atoms with Gasteiger partial charge in [-0.3, -0.25) is 9.59 Å². The minimum absolute atomic E-state index is 0.262. The van der Waals surface area contributed by atoms with Crippen LogP contribution in [-0.4, -0.2) is 18.4 Å². The highest BCUT2D eigenvalue weighted by atomic mass is 16.5. The number of amides is 2. The zero-order valence-corrected chi connectivity index (χ0v) is 15.2. The Labute approximate surface area is 163 Å². The molecule has 0 spiro atoms. The van der Waals surface area contributed by atoms with Gasteiger partial charge in [-0.05, 0) is 42.5 Å². The van der Waals surface area contributed by atoms with Crippen LogP contribution in [0.5, 0.6) is 11.5 Å². The van der Waals surface area contributed by atoms with Gasteiger partial charge in [-0.1, -0.05) is 42.5 Å². The largest absolute Gasteiger partial charge is 0.455 e. The first kappa shape index (κ1) is 18.9. The van der Waals surface area contributed by atoms with Crippen molar-refractivity contribution in [2.24, 2.45) is 0 Å². The lowest BCUT2D eigenvalue weighted by Crippen LogP contribution is -2.23. The minimum atomic E-state index is -0.331. The van der Waals surface area contributed by atoms with Gasteiger partial charge in [0.1, 0.15) is 5.75 Å². The zero-order chi connectivity index (χ0) is 19.8. The molecule has 28 heavy (non-hydrogen) atoms. The molecule has 2 amide bonds. The Balaban J connectivity index is 1.77. The van der Waals surface area contributed by atoms with Gasteiger partial charge in [-0.2, -0.15) is 0 Å². The second kappa shape index (κ2) is 9.19. The zero-order valence-electron chi connectivity index (χ0n) is 15.2. The smallest absolute Gasteiger partial charge is 0.255 e. The molecule has 5 nitrogen and oxygen atoms in total. The van der Waals surface area contributed by atoms with Crippen LogP contribution in [0.25, 0.3) is 0 Å². The highest BCUT2D eigenvalue weighted by molar-refractivity contribution is 6.06. The summed E-state index contributed by atoms with van der Waals surface area (Å²) in [5.41, 5.74) is 1.32. The van der Waals surface area contributed by atoms with Crippen molar-refractivity contribution >= 4 is 17.5 Å². The van der Waals surface area contributed by atoms with Gasteiger partial charge in [-0.15, -0.1) is 6.58 Å². The summed E-state index contributed by atoms with van der Waals surface area (Å²) in [5.74, 6) is 0.608. The fourth-order valence-corrected chi connectivity index (χ4v) is 2.54. The number of para-hydroxylation sites is 3. The average Bonchev–Trinajstić information content (AvgIpc) is 2.74. The van der Waals surface area contributed by atoms with E-state index >= 15 is 0 Å². The quantitative estimate of drug-likeness (QED) is 0.594. The Morgan fingerprint density at radius 3 is 2.29 bits per heavy atom. The van der Waals surface area contributed by atoms with Crippen LogP contribution in [0.2, 0.25) is 0 Å². The van der Waals surface area contributed by atoms with Gasteiger partial charge < -0.3 is 15.4 Å². The molecule has 0 aliphatic rings. The lowest BCUT2D eigenvalue weighted by atomic mass is 10.1. The highest BCUT2D eigenvalue weighted by Crippen LogP contribution is 2.29. The van der Waals surface area contributed by atoms with E-state index in [-0.39, 0.29) is 11.8 Å². The Bertz CT molecular complexity index is 984. The Morgan fingerprint density at radius 2 is 1.54 bits per heavy atom. The van der Waals surface area contributed by atoms with Crippen molar-refractivity contribution in [2.75, 3.05) is 11.9 Å². The van der Waals surface area contributed by atoms with Crippen LogP contribution >= 0.6 is 0 Å². The summed E-state index contributed by atoms with van der Waals surface area (Å²) in [6.45, 7) is 3.93. The average molecular weight is 372 g/mol. The fourth-order valence-electron chi connectivity index (χ4n) is 2.54.